The third-order valence-electron chi connectivity index (χ3n) is 5.07. The summed E-state index contributed by atoms with van der Waals surface area (Å²) < 4.78 is 26.9. The van der Waals surface area contributed by atoms with Gasteiger partial charge in [-0.2, -0.15) is 0 Å². The van der Waals surface area contributed by atoms with Gasteiger partial charge in [-0.3, -0.25) is 13.9 Å². The molecule has 1 N–H and O–H groups in total. The van der Waals surface area contributed by atoms with Gasteiger partial charge in [0.2, 0.25) is 21.8 Å². The molecular weight excluding hydrogens is 506 g/mol. The van der Waals surface area contributed by atoms with Crippen molar-refractivity contribution in [1.82, 2.24) is 10.2 Å². The smallest absolute Gasteiger partial charge is 0.244 e. The van der Waals surface area contributed by atoms with E-state index in [9.17, 15) is 18.0 Å². The topological polar surface area (TPSA) is 86.8 Å². The van der Waals surface area contributed by atoms with Crippen molar-refractivity contribution >= 4 is 43.5 Å². The van der Waals surface area contributed by atoms with Crippen LogP contribution in [0.2, 0.25) is 0 Å². The summed E-state index contributed by atoms with van der Waals surface area (Å²) in [5, 5.41) is 2.88. The molecule has 0 spiro atoms. The van der Waals surface area contributed by atoms with Crippen LogP contribution in [-0.4, -0.2) is 50.0 Å². The van der Waals surface area contributed by atoms with E-state index in [1.165, 1.54) is 4.90 Å². The summed E-state index contributed by atoms with van der Waals surface area (Å²) in [6, 6.07) is 13.6. The van der Waals surface area contributed by atoms with Crippen LogP contribution < -0.4 is 9.62 Å². The highest BCUT2D eigenvalue weighted by atomic mass is 79.9. The van der Waals surface area contributed by atoms with Crippen LogP contribution in [0.3, 0.4) is 0 Å². The van der Waals surface area contributed by atoms with Gasteiger partial charge in [-0.15, -0.1) is 0 Å². The van der Waals surface area contributed by atoms with Crippen molar-refractivity contribution in [3.05, 3.63) is 64.1 Å². The largest absolute Gasteiger partial charge is 0.352 e. The molecule has 180 valence electrons. The van der Waals surface area contributed by atoms with Crippen LogP contribution in [0.25, 0.3) is 0 Å². The van der Waals surface area contributed by atoms with Gasteiger partial charge in [0.15, 0.2) is 0 Å². The molecule has 0 aliphatic rings. The number of benzene rings is 2. The molecule has 1 unspecified atom stereocenters. The molecule has 2 amide bonds. The van der Waals surface area contributed by atoms with Crippen molar-refractivity contribution in [3.8, 4) is 0 Å². The van der Waals surface area contributed by atoms with E-state index in [1.807, 2.05) is 52.0 Å². The maximum absolute atomic E-state index is 13.5. The summed E-state index contributed by atoms with van der Waals surface area (Å²) in [5.41, 5.74) is 2.31. The Morgan fingerprint density at radius 3 is 2.24 bits per heavy atom. The Morgan fingerprint density at radius 2 is 1.73 bits per heavy atom. The molecule has 7 nitrogen and oxygen atoms in total. The number of amides is 2. The summed E-state index contributed by atoms with van der Waals surface area (Å²) in [7, 11) is -3.75. The number of aryl methyl sites for hydroxylation is 1. The highest BCUT2D eigenvalue weighted by Crippen LogP contribution is 2.23. The Labute approximate surface area is 205 Å². The molecule has 0 saturated carbocycles. The molecule has 2 rings (SSSR count). The normalized spacial score (nSPS) is 12.3. The highest BCUT2D eigenvalue weighted by Gasteiger charge is 2.32. The van der Waals surface area contributed by atoms with Crippen molar-refractivity contribution < 1.29 is 18.0 Å². The number of carbonyl (C=O) groups is 2. The summed E-state index contributed by atoms with van der Waals surface area (Å²) in [4.78, 5) is 27.9. The van der Waals surface area contributed by atoms with Crippen LogP contribution in [-0.2, 0) is 26.2 Å². The first kappa shape index (κ1) is 26.9. The Kier molecular flexibility index (Phi) is 9.48. The van der Waals surface area contributed by atoms with Gasteiger partial charge < -0.3 is 10.2 Å². The highest BCUT2D eigenvalue weighted by molar-refractivity contribution is 9.10. The number of carbonyl (C=O) groups excluding carboxylic acids is 2. The van der Waals surface area contributed by atoms with Crippen molar-refractivity contribution in [3.63, 3.8) is 0 Å². The van der Waals surface area contributed by atoms with Crippen molar-refractivity contribution in [2.75, 3.05) is 17.1 Å². The van der Waals surface area contributed by atoms with Gasteiger partial charge in [-0.05, 0) is 51.0 Å². The fraction of sp³-hybridized carbons (Fsp3) is 0.417. The minimum absolute atomic E-state index is 0.0861. The number of hydrogen-bond acceptors (Lipinski definition) is 4. The van der Waals surface area contributed by atoms with Gasteiger partial charge in [-0.1, -0.05) is 58.7 Å². The number of nitrogens with zero attached hydrogens (tertiary/aromatic N) is 2. The fourth-order valence-corrected chi connectivity index (χ4v) is 4.66. The standard InChI is InChI=1S/C24H32BrN3O4S/c1-6-22(24(30)26-17(2)3)27(15-19-12-10-18(4)11-13-19)23(29)16-28(33(5,31)32)21-9-7-8-20(25)14-21/h7-14,17,22H,6,15-16H2,1-5H3,(H,26,30). The average Bonchev–Trinajstić information content (AvgIpc) is 2.71. The maximum Gasteiger partial charge on any atom is 0.244 e. The monoisotopic (exact) mass is 537 g/mol. The van der Waals surface area contributed by atoms with Crippen LogP contribution in [0, 0.1) is 6.92 Å². The van der Waals surface area contributed by atoms with E-state index in [4.69, 9.17) is 0 Å². The van der Waals surface area contributed by atoms with Crippen molar-refractivity contribution in [2.24, 2.45) is 0 Å². The number of anilines is 1. The lowest BCUT2D eigenvalue weighted by Gasteiger charge is -2.33. The first-order chi connectivity index (χ1) is 15.4. The number of rotatable bonds is 10. The molecule has 0 saturated heterocycles. The van der Waals surface area contributed by atoms with Gasteiger partial charge in [0.25, 0.3) is 0 Å². The average molecular weight is 539 g/mol. The molecule has 0 heterocycles. The Morgan fingerprint density at radius 1 is 1.09 bits per heavy atom. The molecule has 33 heavy (non-hydrogen) atoms. The Hall–Kier alpha value is -2.39. The SMILES string of the molecule is CCC(C(=O)NC(C)C)N(Cc1ccc(C)cc1)C(=O)CN(c1cccc(Br)c1)S(C)(=O)=O. The number of sulfonamides is 1. The van der Waals surface area contributed by atoms with Gasteiger partial charge in [0.05, 0.1) is 11.9 Å². The van der Waals surface area contributed by atoms with Gasteiger partial charge >= 0.3 is 0 Å². The first-order valence-corrected chi connectivity index (χ1v) is 13.4. The van der Waals surface area contributed by atoms with E-state index in [1.54, 1.807) is 24.3 Å². The zero-order valence-corrected chi connectivity index (χ0v) is 22.1. The van der Waals surface area contributed by atoms with Gasteiger partial charge in [0, 0.05) is 17.1 Å². The molecule has 9 heteroatoms. The quantitative estimate of drug-likeness (QED) is 0.498. The predicted molar refractivity (Wildman–Crippen MR) is 135 cm³/mol. The van der Waals surface area contributed by atoms with Crippen LogP contribution >= 0.6 is 15.9 Å². The van der Waals surface area contributed by atoms with Crippen molar-refractivity contribution in [2.45, 2.75) is 52.7 Å². The van der Waals surface area contributed by atoms with E-state index in [0.717, 1.165) is 21.7 Å². The van der Waals surface area contributed by atoms with E-state index in [0.29, 0.717) is 16.6 Å². The first-order valence-electron chi connectivity index (χ1n) is 10.8. The Balaban J connectivity index is 2.43. The molecule has 1 atom stereocenters. The van der Waals surface area contributed by atoms with Gasteiger partial charge in [0.1, 0.15) is 12.6 Å². The molecule has 2 aromatic rings. The lowest BCUT2D eigenvalue weighted by molar-refractivity contribution is -0.140. The van der Waals surface area contributed by atoms with Crippen molar-refractivity contribution in [1.29, 1.82) is 0 Å². The zero-order valence-electron chi connectivity index (χ0n) is 19.7. The van der Waals surface area contributed by atoms with Crippen LogP contribution in [0.4, 0.5) is 5.69 Å². The van der Waals surface area contributed by atoms with E-state index in [2.05, 4.69) is 21.2 Å². The summed E-state index contributed by atoms with van der Waals surface area (Å²) >= 11 is 3.35. The number of hydrogen-bond donors (Lipinski definition) is 1. The molecule has 0 fully saturated rings. The second kappa shape index (κ2) is 11.7. The second-order valence-electron chi connectivity index (χ2n) is 8.34. The van der Waals surface area contributed by atoms with Crippen LogP contribution in [0.5, 0.6) is 0 Å². The lowest BCUT2D eigenvalue weighted by Crippen LogP contribution is -2.53. The molecular formula is C24H32BrN3O4S. The Bertz CT molecular complexity index is 1070. The minimum atomic E-state index is -3.75. The molecule has 0 bridgehead atoms. The summed E-state index contributed by atoms with van der Waals surface area (Å²) in [6.07, 6.45) is 1.46. The molecule has 0 aliphatic heterocycles. The van der Waals surface area contributed by atoms with Crippen LogP contribution in [0.15, 0.2) is 53.0 Å². The maximum atomic E-state index is 13.5. The van der Waals surface area contributed by atoms with Crippen LogP contribution in [0.1, 0.15) is 38.3 Å². The van der Waals surface area contributed by atoms with E-state index >= 15 is 0 Å². The zero-order chi connectivity index (χ0) is 24.8. The molecule has 0 aromatic heterocycles. The fourth-order valence-electron chi connectivity index (χ4n) is 3.44. The van der Waals surface area contributed by atoms with Gasteiger partial charge in [-0.25, -0.2) is 8.42 Å². The van der Waals surface area contributed by atoms with E-state index in [-0.39, 0.29) is 18.5 Å². The molecule has 2 aromatic carbocycles. The third kappa shape index (κ3) is 7.85. The molecule has 0 radical (unpaired) electrons. The predicted octanol–water partition coefficient (Wildman–Crippen LogP) is 3.86. The molecule has 0 aliphatic carbocycles. The number of nitrogens with one attached hydrogen (secondary N) is 1. The summed E-state index contributed by atoms with van der Waals surface area (Å²) in [6.45, 7) is 7.30. The number of halogens is 1. The third-order valence-corrected chi connectivity index (χ3v) is 6.70. The minimum Gasteiger partial charge on any atom is -0.352 e. The van der Waals surface area contributed by atoms with E-state index < -0.39 is 28.5 Å². The second-order valence-corrected chi connectivity index (χ2v) is 11.2. The lowest BCUT2D eigenvalue weighted by atomic mass is 10.1. The summed E-state index contributed by atoms with van der Waals surface area (Å²) in [5.74, 6) is -0.715.